The maximum atomic E-state index is 12.6. The summed E-state index contributed by atoms with van der Waals surface area (Å²) in [6, 6.07) is 8.59. The van der Waals surface area contributed by atoms with Gasteiger partial charge in [0.2, 0.25) is 0 Å². The highest BCUT2D eigenvalue weighted by Crippen LogP contribution is 2.26. The van der Waals surface area contributed by atoms with Gasteiger partial charge in [-0.15, -0.1) is 16.4 Å². The van der Waals surface area contributed by atoms with E-state index in [1.165, 1.54) is 11.3 Å². The van der Waals surface area contributed by atoms with Crippen LogP contribution in [-0.4, -0.2) is 41.4 Å². The Balaban J connectivity index is 1.68. The van der Waals surface area contributed by atoms with Crippen molar-refractivity contribution in [2.24, 2.45) is 0 Å². The Bertz CT molecular complexity index is 854. The number of alkyl halides is 3. The van der Waals surface area contributed by atoms with E-state index in [-0.39, 0.29) is 17.6 Å². The van der Waals surface area contributed by atoms with Gasteiger partial charge < -0.3 is 14.9 Å². The molecule has 1 aromatic heterocycles. The van der Waals surface area contributed by atoms with E-state index in [4.69, 9.17) is 4.74 Å². The Labute approximate surface area is 174 Å². The highest BCUT2D eigenvalue weighted by molar-refractivity contribution is 7.09. The lowest BCUT2D eigenvalue weighted by molar-refractivity contribution is -0.233. The number of nitrogens with one attached hydrogen (secondary N) is 1. The molecule has 2 heterocycles. The van der Waals surface area contributed by atoms with Crippen LogP contribution in [0.15, 0.2) is 35.7 Å². The van der Waals surface area contributed by atoms with Crippen LogP contribution in [0, 0.1) is 0 Å². The summed E-state index contributed by atoms with van der Waals surface area (Å²) in [6.45, 7) is 1.06. The summed E-state index contributed by atoms with van der Waals surface area (Å²) in [7, 11) is 0. The molecular formula is C19H20F3N3O4S. The maximum Gasteiger partial charge on any atom is 0.493 e. The number of piperidine rings is 1. The van der Waals surface area contributed by atoms with Gasteiger partial charge in [-0.25, -0.2) is 14.6 Å². The average Bonchev–Trinajstić information content (AvgIpc) is 3.21. The normalized spacial score (nSPS) is 16.7. The number of halogens is 3. The molecule has 3 rings (SSSR count). The maximum absolute atomic E-state index is 12.6. The van der Waals surface area contributed by atoms with Crippen LogP contribution in [-0.2, 0) is 27.5 Å². The van der Waals surface area contributed by atoms with E-state index in [2.05, 4.69) is 15.1 Å². The summed E-state index contributed by atoms with van der Waals surface area (Å²) in [5.74, 6) is -2.31. The number of amides is 1. The summed E-state index contributed by atoms with van der Waals surface area (Å²) in [4.78, 5) is 32.3. The van der Waals surface area contributed by atoms with Crippen molar-refractivity contribution in [1.82, 2.24) is 15.4 Å². The SMILES string of the molecule is O=C(OCc1ccccc1)N(Cc1nc(C2CCCNC2)cs1)OC(=O)C(F)(F)F. The van der Waals surface area contributed by atoms with Gasteiger partial charge in [0.05, 0.1) is 5.69 Å². The molecule has 1 aliphatic heterocycles. The zero-order chi connectivity index (χ0) is 21.6. The highest BCUT2D eigenvalue weighted by atomic mass is 32.1. The van der Waals surface area contributed by atoms with E-state index >= 15 is 0 Å². The van der Waals surface area contributed by atoms with Gasteiger partial charge in [0.1, 0.15) is 18.2 Å². The third kappa shape index (κ3) is 6.17. The summed E-state index contributed by atoms with van der Waals surface area (Å²) in [5, 5.41) is 5.65. The first-order valence-electron chi connectivity index (χ1n) is 9.25. The Kier molecular flexibility index (Phi) is 7.27. The third-order valence-electron chi connectivity index (χ3n) is 4.40. The van der Waals surface area contributed by atoms with Gasteiger partial charge in [-0.1, -0.05) is 30.3 Å². The number of nitrogens with zero attached hydrogens (tertiary/aromatic N) is 2. The molecule has 0 bridgehead atoms. The number of carbonyl (C=O) groups is 2. The van der Waals surface area contributed by atoms with Crippen molar-refractivity contribution >= 4 is 23.4 Å². The molecule has 30 heavy (non-hydrogen) atoms. The first-order valence-corrected chi connectivity index (χ1v) is 10.1. The van der Waals surface area contributed by atoms with Gasteiger partial charge in [0.15, 0.2) is 0 Å². The minimum absolute atomic E-state index is 0.184. The number of ether oxygens (including phenoxy) is 1. The molecule has 0 saturated carbocycles. The van der Waals surface area contributed by atoms with E-state index in [1.54, 1.807) is 35.7 Å². The van der Waals surface area contributed by atoms with Crippen LogP contribution in [0.3, 0.4) is 0 Å². The van der Waals surface area contributed by atoms with Crippen LogP contribution in [0.4, 0.5) is 18.0 Å². The van der Waals surface area contributed by atoms with Gasteiger partial charge in [-0.2, -0.15) is 13.2 Å². The average molecular weight is 443 g/mol. The Hall–Kier alpha value is -2.66. The number of rotatable bonds is 5. The fourth-order valence-electron chi connectivity index (χ4n) is 2.89. The monoisotopic (exact) mass is 443 g/mol. The van der Waals surface area contributed by atoms with Crippen molar-refractivity contribution in [3.8, 4) is 0 Å². The second kappa shape index (κ2) is 9.90. The number of hydroxylamine groups is 2. The van der Waals surface area contributed by atoms with Gasteiger partial charge in [-0.05, 0) is 24.9 Å². The Morgan fingerprint density at radius 3 is 2.70 bits per heavy atom. The molecule has 1 aromatic carbocycles. The molecule has 0 radical (unpaired) electrons. The second-order valence-corrected chi connectivity index (χ2v) is 7.61. The van der Waals surface area contributed by atoms with Gasteiger partial charge in [0.25, 0.3) is 0 Å². The van der Waals surface area contributed by atoms with Crippen LogP contribution in [0.5, 0.6) is 0 Å². The van der Waals surface area contributed by atoms with Crippen molar-refractivity contribution in [2.45, 2.75) is 38.1 Å². The van der Waals surface area contributed by atoms with Crippen molar-refractivity contribution in [3.05, 3.63) is 52.0 Å². The van der Waals surface area contributed by atoms with E-state index < -0.39 is 24.8 Å². The van der Waals surface area contributed by atoms with Crippen LogP contribution in [0.2, 0.25) is 0 Å². The predicted octanol–water partition coefficient (Wildman–Crippen LogP) is 3.77. The van der Waals surface area contributed by atoms with Gasteiger partial charge >= 0.3 is 18.2 Å². The summed E-state index contributed by atoms with van der Waals surface area (Å²) < 4.78 is 42.9. The van der Waals surface area contributed by atoms with E-state index in [0.29, 0.717) is 10.6 Å². The minimum Gasteiger partial charge on any atom is -0.442 e. The lowest BCUT2D eigenvalue weighted by Gasteiger charge is -2.21. The minimum atomic E-state index is -5.25. The standard InChI is InChI=1S/C19H20F3N3O4S/c20-19(21,22)17(26)29-25(18(27)28-11-13-5-2-1-3-6-13)10-16-24-15(12-30-16)14-7-4-8-23-9-14/h1-3,5-6,12,14,23H,4,7-11H2. The summed E-state index contributed by atoms with van der Waals surface area (Å²) in [5.41, 5.74) is 1.43. The lowest BCUT2D eigenvalue weighted by Crippen LogP contribution is -2.38. The molecule has 1 atom stereocenters. The van der Waals surface area contributed by atoms with Crippen molar-refractivity contribution in [2.75, 3.05) is 13.1 Å². The molecule has 1 unspecified atom stereocenters. The Morgan fingerprint density at radius 2 is 2.03 bits per heavy atom. The summed E-state index contributed by atoms with van der Waals surface area (Å²) >= 11 is 1.18. The largest absolute Gasteiger partial charge is 0.493 e. The highest BCUT2D eigenvalue weighted by Gasteiger charge is 2.44. The number of thiazole rings is 1. The molecule has 1 amide bonds. The zero-order valence-electron chi connectivity index (χ0n) is 15.9. The quantitative estimate of drug-likeness (QED) is 0.709. The molecule has 162 valence electrons. The predicted molar refractivity (Wildman–Crippen MR) is 101 cm³/mol. The first-order chi connectivity index (χ1) is 14.3. The van der Waals surface area contributed by atoms with Crippen LogP contribution < -0.4 is 5.32 Å². The molecule has 1 aliphatic rings. The van der Waals surface area contributed by atoms with Crippen LogP contribution in [0.25, 0.3) is 0 Å². The van der Waals surface area contributed by atoms with Gasteiger partial charge in [-0.3, -0.25) is 0 Å². The van der Waals surface area contributed by atoms with E-state index in [9.17, 15) is 22.8 Å². The second-order valence-electron chi connectivity index (χ2n) is 6.66. The van der Waals surface area contributed by atoms with Crippen molar-refractivity contribution < 1.29 is 32.3 Å². The molecule has 0 aliphatic carbocycles. The van der Waals surface area contributed by atoms with E-state index in [0.717, 1.165) is 31.6 Å². The molecule has 1 N–H and O–H groups in total. The van der Waals surface area contributed by atoms with Crippen molar-refractivity contribution in [1.29, 1.82) is 0 Å². The molecule has 7 nitrogen and oxygen atoms in total. The molecule has 1 fully saturated rings. The van der Waals surface area contributed by atoms with E-state index in [1.807, 2.05) is 0 Å². The number of hydrogen-bond acceptors (Lipinski definition) is 7. The number of aromatic nitrogens is 1. The first kappa shape index (κ1) is 22.0. The molecule has 0 spiro atoms. The van der Waals surface area contributed by atoms with Crippen LogP contribution in [0.1, 0.15) is 35.0 Å². The molecule has 2 aromatic rings. The smallest absolute Gasteiger partial charge is 0.442 e. The third-order valence-corrected chi connectivity index (χ3v) is 5.25. The fraction of sp³-hybridized carbons (Fsp3) is 0.421. The molecular weight excluding hydrogens is 423 g/mol. The number of benzene rings is 1. The fourth-order valence-corrected chi connectivity index (χ4v) is 3.74. The lowest BCUT2D eigenvalue weighted by atomic mass is 9.97. The van der Waals surface area contributed by atoms with Gasteiger partial charge in [0, 0.05) is 17.8 Å². The zero-order valence-corrected chi connectivity index (χ0v) is 16.7. The molecule has 11 heteroatoms. The summed E-state index contributed by atoms with van der Waals surface area (Å²) in [6.07, 6.45) is -4.52. The number of hydrogen-bond donors (Lipinski definition) is 1. The Morgan fingerprint density at radius 1 is 1.27 bits per heavy atom. The molecule has 1 saturated heterocycles. The van der Waals surface area contributed by atoms with Crippen LogP contribution >= 0.6 is 11.3 Å². The number of carbonyl (C=O) groups excluding carboxylic acids is 2. The van der Waals surface area contributed by atoms with Crippen molar-refractivity contribution in [3.63, 3.8) is 0 Å². The topological polar surface area (TPSA) is 80.8 Å².